The third kappa shape index (κ3) is 7.00. The van der Waals surface area contributed by atoms with Gasteiger partial charge in [-0.2, -0.15) is 0 Å². The highest BCUT2D eigenvalue weighted by Crippen LogP contribution is 2.29. The lowest BCUT2D eigenvalue weighted by atomic mass is 9.92. The lowest BCUT2D eigenvalue weighted by Crippen LogP contribution is -2.14. The molecule has 0 aliphatic rings. The molecule has 0 aromatic heterocycles. The predicted molar refractivity (Wildman–Crippen MR) is 117 cm³/mol. The van der Waals surface area contributed by atoms with Crippen LogP contribution in [0.15, 0.2) is 53.0 Å². The molecule has 0 aliphatic carbocycles. The van der Waals surface area contributed by atoms with Gasteiger partial charge in [0.15, 0.2) is 13.6 Å². The van der Waals surface area contributed by atoms with Crippen molar-refractivity contribution in [2.45, 2.75) is 26.7 Å². The summed E-state index contributed by atoms with van der Waals surface area (Å²) < 4.78 is 22.9. The zero-order valence-corrected chi connectivity index (χ0v) is 18.0. The molecule has 0 saturated carbocycles. The van der Waals surface area contributed by atoms with E-state index in [1.165, 1.54) is 0 Å². The highest BCUT2D eigenvalue weighted by atomic mass is 79.9. The van der Waals surface area contributed by atoms with E-state index in [1.54, 1.807) is 0 Å². The van der Waals surface area contributed by atoms with Gasteiger partial charge < -0.3 is 18.9 Å². The predicted octanol–water partition coefficient (Wildman–Crippen LogP) is 4.33. The van der Waals surface area contributed by atoms with E-state index in [4.69, 9.17) is 26.8 Å². The van der Waals surface area contributed by atoms with Crippen LogP contribution < -0.4 is 14.9 Å². The lowest BCUT2D eigenvalue weighted by molar-refractivity contribution is 0.0214. The number of benzene rings is 2. The first-order valence-corrected chi connectivity index (χ1v) is 10.2. The van der Waals surface area contributed by atoms with Crippen molar-refractivity contribution in [2.75, 3.05) is 26.8 Å². The van der Waals surface area contributed by atoms with Crippen molar-refractivity contribution in [1.82, 2.24) is 0 Å². The minimum atomic E-state index is 0.194. The Morgan fingerprint density at radius 3 is 1.96 bits per heavy atom. The van der Waals surface area contributed by atoms with Gasteiger partial charge in [0.05, 0.1) is 4.47 Å². The first kappa shape index (κ1) is 22.5. The summed E-state index contributed by atoms with van der Waals surface area (Å²) in [6.07, 6.45) is 5.69. The quantitative estimate of drug-likeness (QED) is 0.211. The first-order valence-electron chi connectivity index (χ1n) is 9.38. The van der Waals surface area contributed by atoms with Crippen LogP contribution in [0, 0.1) is 0 Å². The molecule has 148 valence electrons. The molecule has 0 bridgehead atoms. The average molecular weight is 445 g/mol. The fourth-order valence-electron chi connectivity index (χ4n) is 2.61. The summed E-state index contributed by atoms with van der Waals surface area (Å²) in [5.41, 5.74) is 2.73. The lowest BCUT2D eigenvalue weighted by Gasteiger charge is -2.13. The minimum Gasteiger partial charge on any atom is -0.468 e. The van der Waals surface area contributed by atoms with E-state index in [-0.39, 0.29) is 13.6 Å². The molecule has 0 N–H and O–H groups in total. The molecule has 2 aromatic carbocycles. The molecular weight excluding hydrogens is 419 g/mol. The van der Waals surface area contributed by atoms with Gasteiger partial charge >= 0.3 is 0 Å². The summed E-state index contributed by atoms with van der Waals surface area (Å²) in [6, 6.07) is 11.8. The molecule has 0 atom stereocenters. The van der Waals surface area contributed by atoms with Gasteiger partial charge in [-0.15, -0.1) is 0 Å². The molecule has 0 unspecified atom stereocenters. The summed E-state index contributed by atoms with van der Waals surface area (Å²) in [4.78, 5) is 0. The van der Waals surface area contributed by atoms with Crippen LogP contribution in [0.2, 0.25) is 0 Å². The van der Waals surface area contributed by atoms with E-state index in [0.717, 1.165) is 34.2 Å². The fraction of sp³-hybridized carbons (Fsp3) is 0.364. The Kier molecular flexibility index (Phi) is 10.2. The maximum Gasteiger partial charge on any atom is 0.189 e. The van der Waals surface area contributed by atoms with E-state index < -0.39 is 0 Å². The third-order valence-electron chi connectivity index (χ3n) is 4.00. The Morgan fingerprint density at radius 1 is 0.821 bits per heavy atom. The SMILES string of the molecule is [B]c1cccc(C/C=C/Cc2cccc(Br)c2OCOCC)c1OCOCC. The van der Waals surface area contributed by atoms with Crippen LogP contribution in [0.3, 0.4) is 0 Å². The number of para-hydroxylation sites is 2. The van der Waals surface area contributed by atoms with Gasteiger partial charge in [0.1, 0.15) is 19.3 Å². The van der Waals surface area contributed by atoms with Gasteiger partial charge in [0, 0.05) is 13.2 Å². The van der Waals surface area contributed by atoms with E-state index in [0.29, 0.717) is 24.4 Å². The van der Waals surface area contributed by atoms with Crippen LogP contribution in [-0.4, -0.2) is 34.6 Å². The van der Waals surface area contributed by atoms with Crippen LogP contribution >= 0.6 is 15.9 Å². The number of ether oxygens (including phenoxy) is 4. The van der Waals surface area contributed by atoms with Crippen LogP contribution in [0.5, 0.6) is 11.5 Å². The summed E-state index contributed by atoms with van der Waals surface area (Å²) in [7, 11) is 6.06. The summed E-state index contributed by atoms with van der Waals surface area (Å²) >= 11 is 3.55. The second-order valence-corrected chi connectivity index (χ2v) is 6.81. The topological polar surface area (TPSA) is 36.9 Å². The maximum atomic E-state index is 6.06. The van der Waals surface area contributed by atoms with Crippen molar-refractivity contribution in [3.05, 3.63) is 64.1 Å². The number of halogens is 1. The van der Waals surface area contributed by atoms with Gasteiger partial charge in [-0.1, -0.05) is 47.9 Å². The summed E-state index contributed by atoms with van der Waals surface area (Å²) in [6.45, 7) is 5.51. The second-order valence-electron chi connectivity index (χ2n) is 5.95. The molecule has 0 amide bonds. The molecular formula is C22H26BBrO4. The van der Waals surface area contributed by atoms with E-state index in [1.807, 2.05) is 50.2 Å². The van der Waals surface area contributed by atoms with Crippen LogP contribution in [-0.2, 0) is 22.3 Å². The second kappa shape index (κ2) is 12.7. The largest absolute Gasteiger partial charge is 0.468 e. The van der Waals surface area contributed by atoms with Gasteiger partial charge in [-0.25, -0.2) is 0 Å². The molecule has 0 heterocycles. The van der Waals surface area contributed by atoms with Crippen LogP contribution in [0.1, 0.15) is 25.0 Å². The third-order valence-corrected chi connectivity index (χ3v) is 4.62. The average Bonchev–Trinajstić information content (AvgIpc) is 2.69. The van der Waals surface area contributed by atoms with Crippen molar-refractivity contribution < 1.29 is 18.9 Å². The zero-order chi connectivity index (χ0) is 20.2. The fourth-order valence-corrected chi connectivity index (χ4v) is 3.13. The Bertz CT molecular complexity index is 701. The summed E-state index contributed by atoms with van der Waals surface area (Å²) in [5, 5.41) is 0. The summed E-state index contributed by atoms with van der Waals surface area (Å²) in [5.74, 6) is 1.49. The number of hydrogen-bond acceptors (Lipinski definition) is 4. The molecule has 0 spiro atoms. The van der Waals surface area contributed by atoms with Crippen molar-refractivity contribution >= 4 is 29.2 Å². The molecule has 0 fully saturated rings. The van der Waals surface area contributed by atoms with Crippen molar-refractivity contribution in [3.63, 3.8) is 0 Å². The molecule has 0 saturated heterocycles. The molecule has 0 aliphatic heterocycles. The number of hydrogen-bond donors (Lipinski definition) is 0. The van der Waals surface area contributed by atoms with Gasteiger partial charge in [0.2, 0.25) is 0 Å². The molecule has 4 nitrogen and oxygen atoms in total. The highest BCUT2D eigenvalue weighted by molar-refractivity contribution is 9.10. The van der Waals surface area contributed by atoms with Crippen LogP contribution in [0.25, 0.3) is 0 Å². The number of rotatable bonds is 12. The monoisotopic (exact) mass is 444 g/mol. The Balaban J connectivity index is 2.01. The Labute approximate surface area is 177 Å². The normalized spacial score (nSPS) is 11.1. The van der Waals surface area contributed by atoms with E-state index in [9.17, 15) is 0 Å². The van der Waals surface area contributed by atoms with Crippen molar-refractivity contribution in [3.8, 4) is 11.5 Å². The molecule has 2 rings (SSSR count). The Morgan fingerprint density at radius 2 is 1.36 bits per heavy atom. The zero-order valence-electron chi connectivity index (χ0n) is 16.4. The van der Waals surface area contributed by atoms with Crippen LogP contribution in [0.4, 0.5) is 0 Å². The van der Waals surface area contributed by atoms with Gasteiger partial charge in [0.25, 0.3) is 0 Å². The van der Waals surface area contributed by atoms with E-state index in [2.05, 4.69) is 28.1 Å². The number of allylic oxidation sites excluding steroid dienone is 2. The van der Waals surface area contributed by atoms with E-state index >= 15 is 0 Å². The molecule has 2 aromatic rings. The minimum absolute atomic E-state index is 0.194. The Hall–Kier alpha value is -1.76. The molecule has 6 heteroatoms. The van der Waals surface area contributed by atoms with Gasteiger partial charge in [-0.05, 0) is 59.8 Å². The molecule has 2 radical (unpaired) electrons. The van der Waals surface area contributed by atoms with Crippen molar-refractivity contribution in [1.29, 1.82) is 0 Å². The van der Waals surface area contributed by atoms with Crippen molar-refractivity contribution in [2.24, 2.45) is 0 Å². The standard InChI is InChI=1S/C22H26BBrO4/c1-3-25-15-27-21-17(11-7-13-19(21)23)9-5-6-10-18-12-8-14-20(24)22(18)28-16-26-4-2/h5-8,11-14H,3-4,9-10,15-16H2,1-2H3/b6-5+. The first-order chi connectivity index (χ1) is 13.7. The maximum absolute atomic E-state index is 6.06. The van der Waals surface area contributed by atoms with Gasteiger partial charge in [-0.3, -0.25) is 0 Å². The smallest absolute Gasteiger partial charge is 0.189 e. The molecule has 28 heavy (non-hydrogen) atoms. The highest BCUT2D eigenvalue weighted by Gasteiger charge is 2.08.